The predicted molar refractivity (Wildman–Crippen MR) is 147 cm³/mol. The molecule has 188 valence electrons. The van der Waals surface area contributed by atoms with Crippen molar-refractivity contribution in [2.75, 3.05) is 53.9 Å². The lowest BCUT2D eigenvalue weighted by molar-refractivity contribution is 0.0900. The highest BCUT2D eigenvalue weighted by atomic mass is 127. The van der Waals surface area contributed by atoms with Gasteiger partial charge in [0.1, 0.15) is 0 Å². The van der Waals surface area contributed by atoms with E-state index >= 15 is 0 Å². The number of nitrogens with zero attached hydrogens (tertiary/aromatic N) is 3. The molecule has 1 saturated heterocycles. The van der Waals surface area contributed by atoms with Gasteiger partial charge in [0.2, 0.25) is 0 Å². The number of aliphatic imine (C=N–C) groups is 1. The van der Waals surface area contributed by atoms with Crippen LogP contribution < -0.4 is 20.1 Å². The summed E-state index contributed by atoms with van der Waals surface area (Å²) in [6.07, 6.45) is 5.02. The smallest absolute Gasteiger partial charge is 0.191 e. The third kappa shape index (κ3) is 8.17. The van der Waals surface area contributed by atoms with E-state index in [1.165, 1.54) is 12.8 Å². The van der Waals surface area contributed by atoms with Gasteiger partial charge in [0.05, 0.1) is 13.2 Å². The van der Waals surface area contributed by atoms with Crippen LogP contribution in [-0.4, -0.2) is 81.8 Å². The van der Waals surface area contributed by atoms with Gasteiger partial charge in [-0.2, -0.15) is 0 Å². The molecule has 1 unspecified atom stereocenters. The van der Waals surface area contributed by atoms with Crippen molar-refractivity contribution in [1.29, 1.82) is 0 Å². The van der Waals surface area contributed by atoms with E-state index in [9.17, 15) is 0 Å². The first-order valence-electron chi connectivity index (χ1n) is 12.2. The number of hydrogen-bond acceptors (Lipinski definition) is 5. The number of halogens is 1. The Hall–Kier alpha value is -1.26. The second-order valence-corrected chi connectivity index (χ2v) is 9.43. The molecule has 33 heavy (non-hydrogen) atoms. The van der Waals surface area contributed by atoms with Crippen LogP contribution in [0.25, 0.3) is 0 Å². The summed E-state index contributed by atoms with van der Waals surface area (Å²) in [6.45, 7) is 10.7. The molecule has 7 nitrogen and oxygen atoms in total. The van der Waals surface area contributed by atoms with Gasteiger partial charge in [0, 0.05) is 57.9 Å². The largest absolute Gasteiger partial charge is 0.493 e. The molecule has 1 saturated carbocycles. The number of piperazine rings is 1. The zero-order valence-electron chi connectivity index (χ0n) is 21.1. The summed E-state index contributed by atoms with van der Waals surface area (Å²) in [7, 11) is 5.74. The minimum atomic E-state index is 0. The maximum Gasteiger partial charge on any atom is 0.191 e. The van der Waals surface area contributed by atoms with Gasteiger partial charge >= 0.3 is 0 Å². The molecule has 1 heterocycles. The fourth-order valence-corrected chi connectivity index (χ4v) is 4.71. The second-order valence-electron chi connectivity index (χ2n) is 9.43. The number of para-hydroxylation sites is 1. The fraction of sp³-hybridized carbons (Fsp3) is 0.720. The van der Waals surface area contributed by atoms with E-state index in [4.69, 9.17) is 9.47 Å². The maximum absolute atomic E-state index is 6.38. The molecule has 0 bridgehead atoms. The van der Waals surface area contributed by atoms with Gasteiger partial charge in [-0.1, -0.05) is 26.0 Å². The normalized spacial score (nSPS) is 19.3. The second kappa shape index (κ2) is 14.2. The quantitative estimate of drug-likeness (QED) is 0.268. The molecule has 2 fully saturated rings. The number of hydrogen-bond donors (Lipinski definition) is 2. The summed E-state index contributed by atoms with van der Waals surface area (Å²) in [5.74, 6) is 3.06. The van der Waals surface area contributed by atoms with Crippen LogP contribution in [0.2, 0.25) is 0 Å². The van der Waals surface area contributed by atoms with Crippen LogP contribution in [-0.2, 0) is 6.54 Å². The van der Waals surface area contributed by atoms with Gasteiger partial charge in [-0.15, -0.1) is 24.0 Å². The molecular weight excluding hydrogens is 529 g/mol. The Morgan fingerprint density at radius 3 is 2.42 bits per heavy atom. The van der Waals surface area contributed by atoms with E-state index in [0.717, 1.165) is 68.6 Å². The maximum atomic E-state index is 6.38. The fourth-order valence-electron chi connectivity index (χ4n) is 4.71. The van der Waals surface area contributed by atoms with Crippen molar-refractivity contribution >= 4 is 29.9 Å². The van der Waals surface area contributed by atoms with Crippen LogP contribution in [0.5, 0.6) is 11.5 Å². The van der Waals surface area contributed by atoms with Crippen LogP contribution in [0.4, 0.5) is 0 Å². The zero-order valence-corrected chi connectivity index (χ0v) is 23.4. The van der Waals surface area contributed by atoms with E-state index in [-0.39, 0.29) is 30.1 Å². The number of likely N-dealkylation sites (N-methyl/N-ethyl adjacent to an activating group) is 1. The molecule has 0 aromatic heterocycles. The summed E-state index contributed by atoms with van der Waals surface area (Å²) >= 11 is 0. The first kappa shape index (κ1) is 28.0. The molecular formula is C25H44IN5O2. The lowest BCUT2D eigenvalue weighted by atomic mass is 10.0. The molecule has 1 aliphatic heterocycles. The monoisotopic (exact) mass is 573 g/mol. The van der Waals surface area contributed by atoms with Crippen LogP contribution in [0, 0.1) is 5.92 Å². The van der Waals surface area contributed by atoms with Crippen LogP contribution >= 0.6 is 24.0 Å². The lowest BCUT2D eigenvalue weighted by Crippen LogP contribution is -2.55. The highest BCUT2D eigenvalue weighted by Gasteiger charge is 2.25. The van der Waals surface area contributed by atoms with Gasteiger partial charge in [-0.05, 0) is 44.7 Å². The van der Waals surface area contributed by atoms with Gasteiger partial charge in [0.25, 0.3) is 0 Å². The summed E-state index contributed by atoms with van der Waals surface area (Å²) in [5, 5.41) is 7.05. The molecule has 1 aliphatic carbocycles. The Labute approximate surface area is 217 Å². The van der Waals surface area contributed by atoms with Crippen molar-refractivity contribution in [3.05, 3.63) is 23.8 Å². The van der Waals surface area contributed by atoms with Gasteiger partial charge < -0.3 is 25.0 Å². The summed E-state index contributed by atoms with van der Waals surface area (Å²) in [5.41, 5.74) is 1.10. The summed E-state index contributed by atoms with van der Waals surface area (Å²) < 4.78 is 12.0. The average Bonchev–Trinajstić information content (AvgIpc) is 3.31. The Morgan fingerprint density at radius 1 is 1.12 bits per heavy atom. The molecule has 1 atom stereocenters. The van der Waals surface area contributed by atoms with Crippen molar-refractivity contribution in [3.63, 3.8) is 0 Å². The molecule has 2 N–H and O–H groups in total. The molecule has 1 aromatic carbocycles. The standard InChI is InChI=1S/C25H43N5O2.HI/c1-19(2)22(30-15-13-29(4)14-16-30)18-28-25(26-3)27-17-20-9-8-12-23(31-5)24(20)32-21-10-6-7-11-21;/h8-9,12,19,21-22H,6-7,10-11,13-18H2,1-5H3,(H2,26,27,28);1H. The first-order valence-corrected chi connectivity index (χ1v) is 12.2. The number of rotatable bonds is 9. The Kier molecular flexibility index (Phi) is 12.0. The first-order chi connectivity index (χ1) is 15.5. The van der Waals surface area contributed by atoms with Gasteiger partial charge in [-0.25, -0.2) is 0 Å². The zero-order chi connectivity index (χ0) is 22.9. The molecule has 0 amide bonds. The average molecular weight is 574 g/mol. The van der Waals surface area contributed by atoms with Crippen molar-refractivity contribution < 1.29 is 9.47 Å². The number of benzene rings is 1. The molecule has 8 heteroatoms. The molecule has 1 aromatic rings. The van der Waals surface area contributed by atoms with Crippen LogP contribution in [0.3, 0.4) is 0 Å². The van der Waals surface area contributed by atoms with E-state index in [2.05, 4.69) is 52.4 Å². The Bertz CT molecular complexity index is 732. The van der Waals surface area contributed by atoms with E-state index in [1.807, 2.05) is 19.2 Å². The molecule has 3 rings (SSSR count). The molecule has 0 spiro atoms. The van der Waals surface area contributed by atoms with Crippen molar-refractivity contribution in [2.45, 2.75) is 58.2 Å². The Morgan fingerprint density at radius 2 is 1.82 bits per heavy atom. The number of guanidine groups is 1. The highest BCUT2D eigenvalue weighted by molar-refractivity contribution is 14.0. The third-order valence-electron chi connectivity index (χ3n) is 6.79. The van der Waals surface area contributed by atoms with E-state index in [0.29, 0.717) is 18.5 Å². The van der Waals surface area contributed by atoms with Crippen LogP contribution in [0.1, 0.15) is 45.1 Å². The lowest BCUT2D eigenvalue weighted by Gasteiger charge is -2.40. The molecule has 2 aliphatic rings. The topological polar surface area (TPSA) is 61.4 Å². The van der Waals surface area contributed by atoms with Crippen molar-refractivity contribution in [2.24, 2.45) is 10.9 Å². The van der Waals surface area contributed by atoms with Crippen molar-refractivity contribution in [3.8, 4) is 11.5 Å². The number of methoxy groups -OCH3 is 1. The SMILES string of the molecule is CN=C(NCc1cccc(OC)c1OC1CCCC1)NCC(C(C)C)N1CCN(C)CC1.I. The summed E-state index contributed by atoms with van der Waals surface area (Å²) in [4.78, 5) is 9.48. The third-order valence-corrected chi connectivity index (χ3v) is 6.79. The molecule has 0 radical (unpaired) electrons. The highest BCUT2D eigenvalue weighted by Crippen LogP contribution is 2.34. The van der Waals surface area contributed by atoms with Crippen LogP contribution in [0.15, 0.2) is 23.2 Å². The number of nitrogens with one attached hydrogen (secondary N) is 2. The number of ether oxygens (including phenoxy) is 2. The Balaban J connectivity index is 0.00000385. The minimum Gasteiger partial charge on any atom is -0.493 e. The van der Waals surface area contributed by atoms with Gasteiger partial charge in [0.15, 0.2) is 17.5 Å². The van der Waals surface area contributed by atoms with Gasteiger partial charge in [-0.3, -0.25) is 9.89 Å². The van der Waals surface area contributed by atoms with Crippen molar-refractivity contribution in [1.82, 2.24) is 20.4 Å². The summed E-state index contributed by atoms with van der Waals surface area (Å²) in [6, 6.07) is 6.59. The van der Waals surface area contributed by atoms with E-state index in [1.54, 1.807) is 7.11 Å². The predicted octanol–water partition coefficient (Wildman–Crippen LogP) is 3.57. The minimum absolute atomic E-state index is 0. The van der Waals surface area contributed by atoms with E-state index < -0.39 is 0 Å².